The Kier molecular flexibility index (Phi) is 7.65. The van der Waals surface area contributed by atoms with Crippen LogP contribution in [0, 0.1) is 11.3 Å². The van der Waals surface area contributed by atoms with E-state index < -0.39 is 5.97 Å². The quantitative estimate of drug-likeness (QED) is 0.366. The first-order valence-corrected chi connectivity index (χ1v) is 12.0. The van der Waals surface area contributed by atoms with Gasteiger partial charge in [0.05, 0.1) is 37.8 Å². The van der Waals surface area contributed by atoms with Crippen molar-refractivity contribution in [1.29, 1.82) is 5.26 Å². The van der Waals surface area contributed by atoms with E-state index in [4.69, 9.17) is 33.0 Å². The second kappa shape index (κ2) is 10.9. The molecular formula is C26H17Cl2N3O4S. The van der Waals surface area contributed by atoms with E-state index in [1.165, 1.54) is 28.8 Å². The van der Waals surface area contributed by atoms with Crippen LogP contribution in [0.1, 0.15) is 27.0 Å². The summed E-state index contributed by atoms with van der Waals surface area (Å²) in [7, 11) is 1.61. The van der Waals surface area contributed by atoms with Crippen LogP contribution in [0.2, 0.25) is 10.0 Å². The van der Waals surface area contributed by atoms with Gasteiger partial charge in [-0.2, -0.15) is 5.26 Å². The predicted octanol–water partition coefficient (Wildman–Crippen LogP) is 6.38. The van der Waals surface area contributed by atoms with E-state index in [1.54, 1.807) is 55.6 Å². The minimum atomic E-state index is -1.03. The molecule has 1 N–H and O–H groups in total. The number of halogens is 2. The standard InChI is InChI=1S/C26H17Cl2N3O4S/c1-31-24(32)22(36-26(31)30-19-8-6-16(7-9-19)25(33)34)12-15-10-20(27)23(21(28)11-15)35-14-18-5-3-2-4-17(18)13-29/h2-12H,14H2,1H3,(H,33,34). The number of thioether (sulfide) groups is 1. The maximum Gasteiger partial charge on any atom is 0.335 e. The number of likely N-dealkylation sites (N-methyl/N-ethyl adjacent to an activating group) is 1. The van der Waals surface area contributed by atoms with Gasteiger partial charge in [-0.25, -0.2) is 9.79 Å². The maximum atomic E-state index is 12.8. The summed E-state index contributed by atoms with van der Waals surface area (Å²) in [5, 5.41) is 19.2. The van der Waals surface area contributed by atoms with Crippen molar-refractivity contribution in [3.63, 3.8) is 0 Å². The van der Waals surface area contributed by atoms with Crippen LogP contribution in [0.25, 0.3) is 6.08 Å². The number of amides is 1. The van der Waals surface area contributed by atoms with Gasteiger partial charge in [-0.05, 0) is 65.9 Å². The summed E-state index contributed by atoms with van der Waals surface area (Å²) in [6.07, 6.45) is 1.66. The number of carboxylic acid groups (broad SMARTS) is 1. The molecule has 0 unspecified atom stereocenters. The molecule has 0 aromatic heterocycles. The molecule has 3 aromatic carbocycles. The van der Waals surface area contributed by atoms with E-state index in [0.29, 0.717) is 32.5 Å². The zero-order valence-electron chi connectivity index (χ0n) is 18.7. The number of rotatable bonds is 6. The lowest BCUT2D eigenvalue weighted by Crippen LogP contribution is -2.23. The van der Waals surface area contributed by atoms with Gasteiger partial charge in [-0.3, -0.25) is 9.69 Å². The maximum absolute atomic E-state index is 12.8. The topological polar surface area (TPSA) is 103 Å². The van der Waals surface area contributed by atoms with Crippen LogP contribution in [-0.4, -0.2) is 34.1 Å². The molecule has 0 radical (unpaired) electrons. The van der Waals surface area contributed by atoms with Crippen molar-refractivity contribution in [1.82, 2.24) is 4.90 Å². The molecule has 1 aliphatic rings. The highest BCUT2D eigenvalue weighted by Gasteiger charge is 2.30. The molecule has 0 bridgehead atoms. The van der Waals surface area contributed by atoms with Gasteiger partial charge in [0.1, 0.15) is 6.61 Å². The SMILES string of the molecule is CN1C(=O)C(=Cc2cc(Cl)c(OCc3ccccc3C#N)c(Cl)c2)SC1=Nc1ccc(C(=O)O)cc1. The third-order valence-electron chi connectivity index (χ3n) is 5.17. The summed E-state index contributed by atoms with van der Waals surface area (Å²) in [4.78, 5) is 30.1. The Bertz CT molecular complexity index is 1440. The number of carbonyl (C=O) groups excluding carboxylic acids is 1. The minimum Gasteiger partial charge on any atom is -0.486 e. The normalized spacial score (nSPS) is 15.4. The molecular weight excluding hydrogens is 521 g/mol. The van der Waals surface area contributed by atoms with E-state index in [2.05, 4.69) is 11.1 Å². The van der Waals surface area contributed by atoms with Crippen LogP contribution in [0.3, 0.4) is 0 Å². The van der Waals surface area contributed by atoms with Crippen molar-refractivity contribution in [2.45, 2.75) is 6.61 Å². The molecule has 4 rings (SSSR count). The van der Waals surface area contributed by atoms with Gasteiger partial charge >= 0.3 is 5.97 Å². The molecule has 7 nitrogen and oxygen atoms in total. The molecule has 0 saturated carbocycles. The summed E-state index contributed by atoms with van der Waals surface area (Å²) in [5.41, 5.74) is 2.49. The lowest BCUT2D eigenvalue weighted by Gasteiger charge is -2.12. The molecule has 3 aromatic rings. The molecule has 1 amide bonds. The number of carbonyl (C=O) groups is 2. The Balaban J connectivity index is 1.53. The first kappa shape index (κ1) is 25.3. The average Bonchev–Trinajstić information content (AvgIpc) is 3.11. The Morgan fingerprint density at radius 3 is 2.47 bits per heavy atom. The fourth-order valence-corrected chi connectivity index (χ4v) is 4.90. The number of amidine groups is 1. The van der Waals surface area contributed by atoms with E-state index in [1.807, 2.05) is 6.07 Å². The van der Waals surface area contributed by atoms with Crippen molar-refractivity contribution in [2.75, 3.05) is 7.05 Å². The molecule has 0 atom stereocenters. The molecule has 36 heavy (non-hydrogen) atoms. The number of benzene rings is 3. The third-order valence-corrected chi connectivity index (χ3v) is 6.79. The molecule has 10 heteroatoms. The zero-order valence-corrected chi connectivity index (χ0v) is 21.1. The Hall–Kier alpha value is -3.77. The zero-order chi connectivity index (χ0) is 25.8. The third kappa shape index (κ3) is 5.55. The van der Waals surface area contributed by atoms with Crippen LogP contribution >= 0.6 is 35.0 Å². The number of hydrogen-bond acceptors (Lipinski definition) is 6. The highest BCUT2D eigenvalue weighted by molar-refractivity contribution is 8.18. The summed E-state index contributed by atoms with van der Waals surface area (Å²) in [5.74, 6) is -0.993. The van der Waals surface area contributed by atoms with Crippen LogP contribution in [0.15, 0.2) is 70.6 Å². The first-order chi connectivity index (χ1) is 17.3. The minimum absolute atomic E-state index is 0.121. The van der Waals surface area contributed by atoms with Crippen molar-refractivity contribution >= 4 is 63.8 Å². The van der Waals surface area contributed by atoms with Gasteiger partial charge in [-0.15, -0.1) is 0 Å². The molecule has 1 saturated heterocycles. The number of nitrogens with zero attached hydrogens (tertiary/aromatic N) is 3. The smallest absolute Gasteiger partial charge is 0.335 e. The molecule has 180 valence electrons. The molecule has 0 aliphatic carbocycles. The van der Waals surface area contributed by atoms with Gasteiger partial charge < -0.3 is 9.84 Å². The number of ether oxygens (including phenoxy) is 1. The van der Waals surface area contributed by atoms with E-state index in [-0.39, 0.29) is 33.9 Å². The summed E-state index contributed by atoms with van der Waals surface area (Å²) < 4.78 is 5.79. The summed E-state index contributed by atoms with van der Waals surface area (Å²) in [6, 6.07) is 18.5. The van der Waals surface area contributed by atoms with Crippen molar-refractivity contribution in [3.05, 3.63) is 97.9 Å². The lowest BCUT2D eigenvalue weighted by molar-refractivity contribution is -0.121. The Morgan fingerprint density at radius 1 is 1.17 bits per heavy atom. The monoisotopic (exact) mass is 537 g/mol. The van der Waals surface area contributed by atoms with Crippen LogP contribution in [-0.2, 0) is 11.4 Å². The van der Waals surface area contributed by atoms with Crippen LogP contribution in [0.4, 0.5) is 5.69 Å². The van der Waals surface area contributed by atoms with Gasteiger partial charge in [0.2, 0.25) is 0 Å². The second-order valence-corrected chi connectivity index (χ2v) is 9.42. The first-order valence-electron chi connectivity index (χ1n) is 10.5. The molecule has 0 spiro atoms. The van der Waals surface area contributed by atoms with Crippen LogP contribution < -0.4 is 4.74 Å². The largest absolute Gasteiger partial charge is 0.486 e. The van der Waals surface area contributed by atoms with E-state index in [9.17, 15) is 14.9 Å². The van der Waals surface area contributed by atoms with Crippen LogP contribution in [0.5, 0.6) is 5.75 Å². The molecule has 1 aliphatic heterocycles. The fourth-order valence-electron chi connectivity index (χ4n) is 3.30. The number of nitriles is 1. The average molecular weight is 538 g/mol. The van der Waals surface area contributed by atoms with Gasteiger partial charge in [0.25, 0.3) is 5.91 Å². The van der Waals surface area contributed by atoms with Crippen molar-refractivity contribution in [3.8, 4) is 11.8 Å². The summed E-state index contributed by atoms with van der Waals surface area (Å²) in [6.45, 7) is 0.121. The molecule has 1 heterocycles. The van der Waals surface area contributed by atoms with Crippen molar-refractivity contribution in [2.24, 2.45) is 4.99 Å². The fraction of sp³-hybridized carbons (Fsp3) is 0.0769. The summed E-state index contributed by atoms with van der Waals surface area (Å²) >= 11 is 14.0. The number of carboxylic acids is 1. The second-order valence-electron chi connectivity index (χ2n) is 7.59. The lowest BCUT2D eigenvalue weighted by atomic mass is 10.1. The number of hydrogen-bond donors (Lipinski definition) is 1. The van der Waals surface area contributed by atoms with E-state index in [0.717, 1.165) is 0 Å². The highest BCUT2D eigenvalue weighted by atomic mass is 35.5. The highest BCUT2D eigenvalue weighted by Crippen LogP contribution is 2.38. The Labute approximate surface area is 221 Å². The van der Waals surface area contributed by atoms with Crippen molar-refractivity contribution < 1.29 is 19.4 Å². The number of aromatic carboxylic acids is 1. The predicted molar refractivity (Wildman–Crippen MR) is 141 cm³/mol. The van der Waals surface area contributed by atoms with Gasteiger partial charge in [0.15, 0.2) is 10.9 Å². The number of aliphatic imine (C=N–C) groups is 1. The van der Waals surface area contributed by atoms with Gasteiger partial charge in [-0.1, -0.05) is 41.4 Å². The van der Waals surface area contributed by atoms with E-state index >= 15 is 0 Å². The Morgan fingerprint density at radius 2 is 1.83 bits per heavy atom. The molecule has 1 fully saturated rings. The van der Waals surface area contributed by atoms with Gasteiger partial charge in [0, 0.05) is 12.6 Å².